The van der Waals surface area contributed by atoms with Crippen LogP contribution in [0.4, 0.5) is 27.7 Å². The average molecular weight is 516 g/mol. The second kappa shape index (κ2) is 9.98. The normalized spacial score (nSPS) is 10.9. The van der Waals surface area contributed by atoms with E-state index < -0.39 is 6.09 Å². The van der Waals surface area contributed by atoms with Gasteiger partial charge in [0.05, 0.1) is 5.69 Å². The highest BCUT2D eigenvalue weighted by Crippen LogP contribution is 2.35. The highest BCUT2D eigenvalue weighted by atomic mass is 16.4. The van der Waals surface area contributed by atoms with Gasteiger partial charge >= 0.3 is 6.09 Å². The molecule has 9 heteroatoms. The fraction of sp³-hybridized carbons (Fsp3) is 0. The molecule has 0 saturated heterocycles. The first-order valence-corrected chi connectivity index (χ1v) is 12.0. The Bertz CT molecular complexity index is 1850. The summed E-state index contributed by atoms with van der Waals surface area (Å²) in [6.07, 6.45) is 0.305. The van der Waals surface area contributed by atoms with Crippen molar-refractivity contribution in [1.82, 2.24) is 9.97 Å². The molecule has 4 N–H and O–H groups in total. The van der Waals surface area contributed by atoms with Gasteiger partial charge in [0.25, 0.3) is 5.91 Å². The van der Waals surface area contributed by atoms with E-state index in [0.717, 1.165) is 38.9 Å². The number of nitrogens with one attached hydrogen (secondary N) is 3. The maximum atomic E-state index is 12.6. The fourth-order valence-corrected chi connectivity index (χ4v) is 4.37. The summed E-state index contributed by atoms with van der Waals surface area (Å²) >= 11 is 0. The van der Waals surface area contributed by atoms with Gasteiger partial charge in [-0.1, -0.05) is 36.4 Å². The standard InChI is InChI=1S/C30H21N5O4/c36-29(18-5-3-6-21(15-18)35-30(37)38)34-20-13-11-19(12-14-20)33-27-16-25(31-17-32-27)24-9-4-8-23-22-7-1-2-10-26(22)39-28(23)24/h1-17,35H,(H,34,36)(H,37,38)(H,31,32,33). The predicted molar refractivity (Wildman–Crippen MR) is 151 cm³/mol. The third-order valence-corrected chi connectivity index (χ3v) is 6.14. The summed E-state index contributed by atoms with van der Waals surface area (Å²) in [5.74, 6) is 0.248. The molecular weight excluding hydrogens is 494 g/mol. The monoisotopic (exact) mass is 515 g/mol. The molecule has 2 heterocycles. The fourth-order valence-electron chi connectivity index (χ4n) is 4.37. The van der Waals surface area contributed by atoms with E-state index in [2.05, 4.69) is 25.9 Å². The number of hydrogen-bond acceptors (Lipinski definition) is 6. The molecule has 0 radical (unpaired) electrons. The lowest BCUT2D eigenvalue weighted by Gasteiger charge is -2.10. The predicted octanol–water partition coefficient (Wildman–Crippen LogP) is 7.13. The van der Waals surface area contributed by atoms with Crippen LogP contribution in [0.1, 0.15) is 10.4 Å². The number of fused-ring (bicyclic) bond motifs is 3. The van der Waals surface area contributed by atoms with Crippen LogP contribution in [-0.2, 0) is 0 Å². The molecule has 9 nitrogen and oxygen atoms in total. The van der Waals surface area contributed by atoms with E-state index in [-0.39, 0.29) is 5.91 Å². The second-order valence-electron chi connectivity index (χ2n) is 8.74. The third kappa shape index (κ3) is 4.96. The Labute approximate surface area is 222 Å². The maximum Gasteiger partial charge on any atom is 0.409 e. The van der Waals surface area contributed by atoms with Gasteiger partial charge in [-0.3, -0.25) is 10.1 Å². The van der Waals surface area contributed by atoms with Crippen molar-refractivity contribution in [3.05, 3.63) is 109 Å². The smallest absolute Gasteiger partial charge is 0.409 e. The molecule has 0 fully saturated rings. The lowest BCUT2D eigenvalue weighted by Crippen LogP contribution is -2.13. The number of benzene rings is 4. The van der Waals surface area contributed by atoms with Crippen molar-refractivity contribution in [3.8, 4) is 11.3 Å². The molecule has 0 aliphatic carbocycles. The molecule has 4 aromatic carbocycles. The van der Waals surface area contributed by atoms with Crippen LogP contribution in [0, 0.1) is 0 Å². The first-order chi connectivity index (χ1) is 19.0. The molecule has 0 bridgehead atoms. The molecule has 190 valence electrons. The van der Waals surface area contributed by atoms with Crippen molar-refractivity contribution in [2.45, 2.75) is 0 Å². The highest BCUT2D eigenvalue weighted by molar-refractivity contribution is 6.09. The molecule has 0 spiro atoms. The molecule has 0 unspecified atom stereocenters. The van der Waals surface area contributed by atoms with Crippen LogP contribution in [-0.4, -0.2) is 27.1 Å². The van der Waals surface area contributed by atoms with Crippen molar-refractivity contribution >= 4 is 56.8 Å². The molecule has 0 aliphatic rings. The topological polar surface area (TPSA) is 129 Å². The van der Waals surface area contributed by atoms with Gasteiger partial charge in [0.15, 0.2) is 0 Å². The zero-order valence-corrected chi connectivity index (χ0v) is 20.4. The molecule has 6 aromatic rings. The SMILES string of the molecule is O=C(O)Nc1cccc(C(=O)Nc2ccc(Nc3cc(-c4cccc5c4oc4ccccc45)ncn3)cc2)c1. The highest BCUT2D eigenvalue weighted by Gasteiger charge is 2.13. The number of hydrogen-bond donors (Lipinski definition) is 4. The zero-order chi connectivity index (χ0) is 26.8. The van der Waals surface area contributed by atoms with Crippen LogP contribution in [0.15, 0.2) is 108 Å². The van der Waals surface area contributed by atoms with Gasteiger partial charge in [-0.15, -0.1) is 0 Å². The van der Waals surface area contributed by atoms with Gasteiger partial charge in [-0.25, -0.2) is 14.8 Å². The van der Waals surface area contributed by atoms with E-state index in [1.807, 2.05) is 60.7 Å². The van der Waals surface area contributed by atoms with Crippen molar-refractivity contribution in [3.63, 3.8) is 0 Å². The van der Waals surface area contributed by atoms with Crippen molar-refractivity contribution in [1.29, 1.82) is 0 Å². The van der Waals surface area contributed by atoms with E-state index in [0.29, 0.717) is 22.8 Å². The van der Waals surface area contributed by atoms with Gasteiger partial charge in [0.2, 0.25) is 0 Å². The van der Waals surface area contributed by atoms with Crippen LogP contribution in [0.3, 0.4) is 0 Å². The molecule has 6 rings (SSSR count). The maximum absolute atomic E-state index is 12.6. The Morgan fingerprint density at radius 3 is 2.33 bits per heavy atom. The van der Waals surface area contributed by atoms with E-state index in [4.69, 9.17) is 9.52 Å². The largest absolute Gasteiger partial charge is 0.465 e. The summed E-state index contributed by atoms with van der Waals surface area (Å²) in [6, 6.07) is 29.2. The molecular formula is C30H21N5O4. The van der Waals surface area contributed by atoms with Gasteiger partial charge in [0, 0.05) is 45.0 Å². The number of anilines is 4. The van der Waals surface area contributed by atoms with Crippen LogP contribution in [0.5, 0.6) is 0 Å². The second-order valence-corrected chi connectivity index (χ2v) is 8.74. The minimum Gasteiger partial charge on any atom is -0.465 e. The molecule has 39 heavy (non-hydrogen) atoms. The Balaban J connectivity index is 1.18. The van der Waals surface area contributed by atoms with Gasteiger partial charge < -0.3 is 20.2 Å². The van der Waals surface area contributed by atoms with E-state index in [1.165, 1.54) is 12.4 Å². The zero-order valence-electron chi connectivity index (χ0n) is 20.4. The number of aromatic nitrogens is 2. The Hall–Kier alpha value is -5.70. The van der Waals surface area contributed by atoms with Crippen LogP contribution in [0.25, 0.3) is 33.2 Å². The van der Waals surface area contributed by atoms with Gasteiger partial charge in [-0.05, 0) is 54.6 Å². The quantitative estimate of drug-likeness (QED) is 0.186. The van der Waals surface area contributed by atoms with Crippen LogP contribution >= 0.6 is 0 Å². The Kier molecular flexibility index (Phi) is 6.06. The summed E-state index contributed by atoms with van der Waals surface area (Å²) in [4.78, 5) is 32.3. The van der Waals surface area contributed by atoms with E-state index >= 15 is 0 Å². The number of nitrogens with zero attached hydrogens (tertiary/aromatic N) is 2. The molecule has 0 aliphatic heterocycles. The first-order valence-electron chi connectivity index (χ1n) is 12.0. The minimum atomic E-state index is -1.20. The lowest BCUT2D eigenvalue weighted by atomic mass is 10.1. The summed E-state index contributed by atoms with van der Waals surface area (Å²) in [7, 11) is 0. The van der Waals surface area contributed by atoms with Crippen molar-refractivity contribution in [2.75, 3.05) is 16.0 Å². The first kappa shape index (κ1) is 23.7. The summed E-state index contributed by atoms with van der Waals surface area (Å²) in [5, 5.41) is 19.3. The summed E-state index contributed by atoms with van der Waals surface area (Å²) in [6.45, 7) is 0. The lowest BCUT2D eigenvalue weighted by molar-refractivity contribution is 0.102. The number of carbonyl (C=O) groups excluding carboxylic acids is 1. The third-order valence-electron chi connectivity index (χ3n) is 6.14. The van der Waals surface area contributed by atoms with E-state index in [9.17, 15) is 9.59 Å². The Morgan fingerprint density at radius 1 is 0.718 bits per heavy atom. The number of furan rings is 1. The van der Waals surface area contributed by atoms with Gasteiger partial charge in [0.1, 0.15) is 23.3 Å². The number of amides is 2. The van der Waals surface area contributed by atoms with Crippen LogP contribution in [0.2, 0.25) is 0 Å². The van der Waals surface area contributed by atoms with Crippen molar-refractivity contribution < 1.29 is 19.1 Å². The van der Waals surface area contributed by atoms with Gasteiger partial charge in [-0.2, -0.15) is 0 Å². The van der Waals surface area contributed by atoms with E-state index in [1.54, 1.807) is 30.3 Å². The molecule has 2 amide bonds. The average Bonchev–Trinajstić information content (AvgIpc) is 3.33. The van der Waals surface area contributed by atoms with Crippen LogP contribution < -0.4 is 16.0 Å². The minimum absolute atomic E-state index is 0.315. The number of para-hydroxylation sites is 2. The number of carboxylic acid groups (broad SMARTS) is 1. The number of carbonyl (C=O) groups is 2. The molecule has 0 saturated carbocycles. The summed E-state index contributed by atoms with van der Waals surface area (Å²) in [5.41, 5.74) is 5.19. The number of rotatable bonds is 6. The van der Waals surface area contributed by atoms with Crippen molar-refractivity contribution in [2.24, 2.45) is 0 Å². The molecule has 2 aromatic heterocycles. The Morgan fingerprint density at radius 2 is 1.49 bits per heavy atom. The molecule has 0 atom stereocenters. The summed E-state index contributed by atoms with van der Waals surface area (Å²) < 4.78 is 6.15.